The number of nitrogens with zero attached hydrogens (tertiary/aromatic N) is 1. The van der Waals surface area contributed by atoms with Crippen molar-refractivity contribution < 1.29 is 14.3 Å². The summed E-state index contributed by atoms with van der Waals surface area (Å²) in [6.45, 7) is 2.48. The minimum Gasteiger partial charge on any atom is -0.481 e. The van der Waals surface area contributed by atoms with Gasteiger partial charge in [0, 0.05) is 23.7 Å². The van der Waals surface area contributed by atoms with Crippen molar-refractivity contribution in [3.05, 3.63) is 42.0 Å². The Hall–Kier alpha value is -2.56. The molecule has 0 saturated carbocycles. The third kappa shape index (κ3) is 3.31. The SMILES string of the molecule is CCNC(=O)c1cccc(-c2ccc(OC)nc2OC)c1. The normalized spacial score (nSPS) is 10.0. The van der Waals surface area contributed by atoms with Gasteiger partial charge in [0.25, 0.3) is 5.91 Å². The molecule has 1 amide bonds. The van der Waals surface area contributed by atoms with Crippen LogP contribution in [0, 0.1) is 0 Å². The van der Waals surface area contributed by atoms with E-state index in [4.69, 9.17) is 9.47 Å². The van der Waals surface area contributed by atoms with Crippen LogP contribution in [0.4, 0.5) is 0 Å². The van der Waals surface area contributed by atoms with E-state index in [0.717, 1.165) is 11.1 Å². The summed E-state index contributed by atoms with van der Waals surface area (Å²) in [5.74, 6) is 0.845. The predicted octanol–water partition coefficient (Wildman–Crippen LogP) is 2.52. The van der Waals surface area contributed by atoms with E-state index in [1.54, 1.807) is 26.4 Å². The molecule has 0 aliphatic carbocycles. The summed E-state index contributed by atoms with van der Waals surface area (Å²) in [6.07, 6.45) is 0. The summed E-state index contributed by atoms with van der Waals surface area (Å²) in [6, 6.07) is 11.0. The van der Waals surface area contributed by atoms with Crippen LogP contribution < -0.4 is 14.8 Å². The molecule has 0 radical (unpaired) electrons. The van der Waals surface area contributed by atoms with E-state index >= 15 is 0 Å². The number of nitrogens with one attached hydrogen (secondary N) is 1. The van der Waals surface area contributed by atoms with Crippen LogP contribution in [-0.2, 0) is 0 Å². The number of aromatic nitrogens is 1. The van der Waals surface area contributed by atoms with Gasteiger partial charge in [-0.15, -0.1) is 0 Å². The lowest BCUT2D eigenvalue weighted by Gasteiger charge is -2.10. The fourth-order valence-corrected chi connectivity index (χ4v) is 2.00. The third-order valence-corrected chi connectivity index (χ3v) is 3.01. The predicted molar refractivity (Wildman–Crippen MR) is 80.8 cm³/mol. The van der Waals surface area contributed by atoms with Gasteiger partial charge in [-0.05, 0) is 30.7 Å². The Morgan fingerprint density at radius 1 is 1.19 bits per heavy atom. The zero-order valence-electron chi connectivity index (χ0n) is 12.3. The Labute approximate surface area is 123 Å². The first-order chi connectivity index (χ1) is 10.2. The highest BCUT2D eigenvalue weighted by molar-refractivity contribution is 5.95. The minimum atomic E-state index is -0.0974. The van der Waals surface area contributed by atoms with Gasteiger partial charge in [-0.2, -0.15) is 4.98 Å². The summed E-state index contributed by atoms with van der Waals surface area (Å²) in [5, 5.41) is 2.78. The minimum absolute atomic E-state index is 0.0974. The average Bonchev–Trinajstić information content (AvgIpc) is 2.54. The van der Waals surface area contributed by atoms with Crippen LogP contribution in [0.2, 0.25) is 0 Å². The molecule has 1 aromatic carbocycles. The van der Waals surface area contributed by atoms with Gasteiger partial charge in [0.05, 0.1) is 14.2 Å². The molecule has 0 saturated heterocycles. The highest BCUT2D eigenvalue weighted by atomic mass is 16.5. The van der Waals surface area contributed by atoms with Crippen molar-refractivity contribution in [2.75, 3.05) is 20.8 Å². The van der Waals surface area contributed by atoms with Gasteiger partial charge in [-0.3, -0.25) is 4.79 Å². The number of carbonyl (C=O) groups is 1. The summed E-state index contributed by atoms with van der Waals surface area (Å²) >= 11 is 0. The van der Waals surface area contributed by atoms with E-state index in [2.05, 4.69) is 10.3 Å². The molecule has 0 aliphatic heterocycles. The van der Waals surface area contributed by atoms with Gasteiger partial charge in [-0.25, -0.2) is 0 Å². The highest BCUT2D eigenvalue weighted by Crippen LogP contribution is 2.30. The van der Waals surface area contributed by atoms with E-state index in [1.807, 2.05) is 31.2 Å². The van der Waals surface area contributed by atoms with Crippen molar-refractivity contribution in [3.8, 4) is 22.9 Å². The molecule has 0 unspecified atom stereocenters. The maximum absolute atomic E-state index is 11.9. The monoisotopic (exact) mass is 286 g/mol. The van der Waals surface area contributed by atoms with E-state index in [-0.39, 0.29) is 5.91 Å². The molecule has 5 heteroatoms. The molecule has 0 atom stereocenters. The van der Waals surface area contributed by atoms with Crippen molar-refractivity contribution in [2.24, 2.45) is 0 Å². The van der Waals surface area contributed by atoms with E-state index in [9.17, 15) is 4.79 Å². The standard InChI is InChI=1S/C16H18N2O3/c1-4-17-15(19)12-7-5-6-11(10-12)13-8-9-14(20-2)18-16(13)21-3/h5-10H,4H2,1-3H3,(H,17,19). The molecule has 110 valence electrons. The van der Waals surface area contributed by atoms with Gasteiger partial charge < -0.3 is 14.8 Å². The van der Waals surface area contributed by atoms with Crippen LogP contribution in [-0.4, -0.2) is 31.7 Å². The van der Waals surface area contributed by atoms with Gasteiger partial charge in [-0.1, -0.05) is 12.1 Å². The van der Waals surface area contributed by atoms with Gasteiger partial charge in [0.2, 0.25) is 11.8 Å². The molecule has 2 rings (SSSR count). The second kappa shape index (κ2) is 6.74. The first-order valence-electron chi connectivity index (χ1n) is 6.67. The Balaban J connectivity index is 2.42. The second-order valence-corrected chi connectivity index (χ2v) is 4.35. The zero-order chi connectivity index (χ0) is 15.2. The van der Waals surface area contributed by atoms with Crippen LogP contribution in [0.5, 0.6) is 11.8 Å². The number of amides is 1. The number of pyridine rings is 1. The van der Waals surface area contributed by atoms with Crippen LogP contribution in [0.25, 0.3) is 11.1 Å². The van der Waals surface area contributed by atoms with Crippen molar-refractivity contribution in [1.29, 1.82) is 0 Å². The average molecular weight is 286 g/mol. The van der Waals surface area contributed by atoms with Crippen molar-refractivity contribution in [2.45, 2.75) is 6.92 Å². The molecular weight excluding hydrogens is 268 g/mol. The molecule has 0 spiro atoms. The van der Waals surface area contributed by atoms with Crippen molar-refractivity contribution in [1.82, 2.24) is 10.3 Å². The summed E-state index contributed by atoms with van der Waals surface area (Å²) in [7, 11) is 3.11. The summed E-state index contributed by atoms with van der Waals surface area (Å²) in [5.41, 5.74) is 2.28. The van der Waals surface area contributed by atoms with Crippen LogP contribution in [0.15, 0.2) is 36.4 Å². The summed E-state index contributed by atoms with van der Waals surface area (Å²) < 4.78 is 10.4. The third-order valence-electron chi connectivity index (χ3n) is 3.01. The van der Waals surface area contributed by atoms with E-state index in [1.165, 1.54) is 0 Å². The van der Waals surface area contributed by atoms with Crippen molar-refractivity contribution >= 4 is 5.91 Å². The summed E-state index contributed by atoms with van der Waals surface area (Å²) in [4.78, 5) is 16.2. The van der Waals surface area contributed by atoms with Crippen LogP contribution >= 0.6 is 0 Å². The van der Waals surface area contributed by atoms with Gasteiger partial charge >= 0.3 is 0 Å². The molecule has 1 aromatic heterocycles. The molecule has 2 aromatic rings. The lowest BCUT2D eigenvalue weighted by atomic mass is 10.0. The second-order valence-electron chi connectivity index (χ2n) is 4.35. The number of hydrogen-bond acceptors (Lipinski definition) is 4. The Kier molecular flexibility index (Phi) is 4.77. The lowest BCUT2D eigenvalue weighted by molar-refractivity contribution is 0.0956. The Morgan fingerprint density at radius 3 is 2.67 bits per heavy atom. The fourth-order valence-electron chi connectivity index (χ4n) is 2.00. The largest absolute Gasteiger partial charge is 0.481 e. The zero-order valence-corrected chi connectivity index (χ0v) is 12.3. The Morgan fingerprint density at radius 2 is 2.00 bits per heavy atom. The lowest BCUT2D eigenvalue weighted by Crippen LogP contribution is -2.22. The molecule has 0 aliphatic rings. The number of hydrogen-bond donors (Lipinski definition) is 1. The Bertz CT molecular complexity index is 641. The number of ether oxygens (including phenoxy) is 2. The smallest absolute Gasteiger partial charge is 0.251 e. The van der Waals surface area contributed by atoms with E-state index in [0.29, 0.717) is 23.9 Å². The number of carbonyl (C=O) groups excluding carboxylic acids is 1. The van der Waals surface area contributed by atoms with Gasteiger partial charge in [0.15, 0.2) is 0 Å². The maximum atomic E-state index is 11.9. The molecule has 21 heavy (non-hydrogen) atoms. The first-order valence-corrected chi connectivity index (χ1v) is 6.67. The van der Waals surface area contributed by atoms with Crippen molar-refractivity contribution in [3.63, 3.8) is 0 Å². The quantitative estimate of drug-likeness (QED) is 0.917. The molecule has 1 heterocycles. The first kappa shape index (κ1) is 14.8. The molecule has 0 bridgehead atoms. The number of benzene rings is 1. The topological polar surface area (TPSA) is 60.5 Å². The van der Waals surface area contributed by atoms with Crippen LogP contribution in [0.1, 0.15) is 17.3 Å². The maximum Gasteiger partial charge on any atom is 0.251 e. The number of rotatable bonds is 5. The molecule has 0 fully saturated rings. The molecule has 5 nitrogen and oxygen atoms in total. The fraction of sp³-hybridized carbons (Fsp3) is 0.250. The highest BCUT2D eigenvalue weighted by Gasteiger charge is 2.11. The van der Waals surface area contributed by atoms with Gasteiger partial charge in [0.1, 0.15) is 0 Å². The molecule has 1 N–H and O–H groups in total. The molecular formula is C16H18N2O3. The number of methoxy groups -OCH3 is 2. The van der Waals surface area contributed by atoms with E-state index < -0.39 is 0 Å². The van der Waals surface area contributed by atoms with Crippen LogP contribution in [0.3, 0.4) is 0 Å².